The number of aryl methyl sites for hydroxylation is 1. The van der Waals surface area contributed by atoms with Crippen LogP contribution < -0.4 is 9.47 Å². The Hall–Kier alpha value is -4.12. The van der Waals surface area contributed by atoms with Crippen LogP contribution in [0.2, 0.25) is 5.02 Å². The summed E-state index contributed by atoms with van der Waals surface area (Å²) < 4.78 is 77.7. The number of pyridine rings is 1. The highest BCUT2D eigenvalue weighted by Crippen LogP contribution is 2.57. The van der Waals surface area contributed by atoms with Crippen molar-refractivity contribution in [3.8, 4) is 28.6 Å². The van der Waals surface area contributed by atoms with Crippen molar-refractivity contribution in [2.45, 2.75) is 44.1 Å². The van der Waals surface area contributed by atoms with Crippen LogP contribution in [0.5, 0.6) is 17.4 Å². The summed E-state index contributed by atoms with van der Waals surface area (Å²) in [5.41, 5.74) is -0.469. The minimum Gasteiger partial charge on any atom is -0.478 e. The average Bonchev–Trinajstić information content (AvgIpc) is 3.68. The highest BCUT2D eigenvalue weighted by Gasteiger charge is 2.63. The van der Waals surface area contributed by atoms with Gasteiger partial charge in [-0.15, -0.1) is 0 Å². The van der Waals surface area contributed by atoms with Crippen LogP contribution in [0.4, 0.5) is 17.6 Å². The SMILES string of the molecule is Cc1cccc(Cl)c1-c1noc(C2CC2)c1COc1ccc2c(n1)C(F)(F)C(F)(F)c1ccc(C(=O)O)cc1O2. The number of halogens is 5. The van der Waals surface area contributed by atoms with E-state index in [2.05, 4.69) is 10.1 Å². The van der Waals surface area contributed by atoms with Gasteiger partial charge in [0, 0.05) is 17.5 Å². The molecule has 3 heterocycles. The minimum atomic E-state index is -4.81. The second-order valence-corrected chi connectivity index (χ2v) is 10.0. The largest absolute Gasteiger partial charge is 0.478 e. The molecule has 7 nitrogen and oxygen atoms in total. The molecule has 40 heavy (non-hydrogen) atoms. The van der Waals surface area contributed by atoms with Crippen LogP contribution in [-0.2, 0) is 18.5 Å². The molecule has 1 aliphatic carbocycles. The van der Waals surface area contributed by atoms with Crippen molar-refractivity contribution in [1.82, 2.24) is 10.1 Å². The van der Waals surface area contributed by atoms with Crippen molar-refractivity contribution in [3.05, 3.63) is 87.3 Å². The third kappa shape index (κ3) is 4.16. The Kier molecular flexibility index (Phi) is 6.02. The Morgan fingerprint density at radius 2 is 1.88 bits per heavy atom. The number of alkyl halides is 4. The lowest BCUT2D eigenvalue weighted by Gasteiger charge is -2.25. The second-order valence-electron chi connectivity index (χ2n) is 9.63. The minimum absolute atomic E-state index is 0.119. The molecule has 0 saturated heterocycles. The fourth-order valence-corrected chi connectivity index (χ4v) is 4.97. The zero-order valence-corrected chi connectivity index (χ0v) is 21.4. The van der Waals surface area contributed by atoms with Gasteiger partial charge in [0.1, 0.15) is 23.8 Å². The van der Waals surface area contributed by atoms with Gasteiger partial charge in [0.2, 0.25) is 5.88 Å². The first kappa shape index (κ1) is 26.1. The molecule has 0 radical (unpaired) electrons. The molecule has 1 N–H and O–H groups in total. The molecular formula is C28H19ClF4N2O5. The summed E-state index contributed by atoms with van der Waals surface area (Å²) in [6.45, 7) is 1.65. The number of aromatic carboxylic acids is 1. The number of carboxylic acids is 1. The number of fused-ring (bicyclic) bond motifs is 2. The van der Waals surface area contributed by atoms with E-state index >= 15 is 17.6 Å². The zero-order chi connectivity index (χ0) is 28.4. The first-order chi connectivity index (χ1) is 19.0. The third-order valence-electron chi connectivity index (χ3n) is 6.90. The molecule has 2 aliphatic rings. The van der Waals surface area contributed by atoms with E-state index in [-0.39, 0.29) is 18.4 Å². The normalized spacial score (nSPS) is 16.9. The molecular weight excluding hydrogens is 556 g/mol. The van der Waals surface area contributed by atoms with E-state index in [4.69, 9.17) is 25.6 Å². The Morgan fingerprint density at radius 1 is 1.10 bits per heavy atom. The summed E-state index contributed by atoms with van der Waals surface area (Å²) in [4.78, 5) is 15.0. The van der Waals surface area contributed by atoms with Crippen LogP contribution >= 0.6 is 11.6 Å². The van der Waals surface area contributed by atoms with Gasteiger partial charge in [0.05, 0.1) is 21.7 Å². The lowest BCUT2D eigenvalue weighted by molar-refractivity contribution is -0.225. The van der Waals surface area contributed by atoms with Crippen molar-refractivity contribution in [2.24, 2.45) is 0 Å². The van der Waals surface area contributed by atoms with Gasteiger partial charge >= 0.3 is 17.8 Å². The maximum Gasteiger partial charge on any atom is 0.360 e. The van der Waals surface area contributed by atoms with Crippen LogP contribution in [0, 0.1) is 6.92 Å². The number of hydrogen-bond donors (Lipinski definition) is 1. The highest BCUT2D eigenvalue weighted by atomic mass is 35.5. The van der Waals surface area contributed by atoms with Gasteiger partial charge in [0.25, 0.3) is 0 Å². The predicted molar refractivity (Wildman–Crippen MR) is 133 cm³/mol. The number of hydrogen-bond acceptors (Lipinski definition) is 6. The molecule has 0 atom stereocenters. The summed E-state index contributed by atoms with van der Waals surface area (Å²) >= 11 is 6.44. The Balaban J connectivity index is 1.37. The number of rotatable bonds is 6. The van der Waals surface area contributed by atoms with Crippen molar-refractivity contribution < 1.29 is 41.5 Å². The molecule has 12 heteroatoms. The van der Waals surface area contributed by atoms with Gasteiger partial charge in [-0.2, -0.15) is 17.6 Å². The van der Waals surface area contributed by atoms with Gasteiger partial charge in [0.15, 0.2) is 11.4 Å². The number of ether oxygens (including phenoxy) is 2. The van der Waals surface area contributed by atoms with E-state index in [1.54, 1.807) is 12.1 Å². The lowest BCUT2D eigenvalue weighted by Crippen LogP contribution is -2.35. The molecule has 4 aromatic rings. The van der Waals surface area contributed by atoms with Crippen molar-refractivity contribution in [2.75, 3.05) is 0 Å². The van der Waals surface area contributed by atoms with Crippen molar-refractivity contribution in [3.63, 3.8) is 0 Å². The van der Waals surface area contributed by atoms with Gasteiger partial charge in [-0.1, -0.05) is 28.9 Å². The van der Waals surface area contributed by atoms with Gasteiger partial charge in [-0.25, -0.2) is 9.78 Å². The predicted octanol–water partition coefficient (Wildman–Crippen LogP) is 7.84. The first-order valence-electron chi connectivity index (χ1n) is 12.2. The third-order valence-corrected chi connectivity index (χ3v) is 7.22. The Labute approximate surface area is 229 Å². The van der Waals surface area contributed by atoms with E-state index in [1.165, 1.54) is 6.07 Å². The van der Waals surface area contributed by atoms with Crippen LogP contribution in [0.1, 0.15) is 57.3 Å². The molecule has 1 aliphatic heterocycles. The summed E-state index contributed by atoms with van der Waals surface area (Å²) in [5.74, 6) is -12.0. The van der Waals surface area contributed by atoms with E-state index in [1.807, 2.05) is 13.0 Å². The van der Waals surface area contributed by atoms with Crippen LogP contribution in [0.3, 0.4) is 0 Å². The summed E-state index contributed by atoms with van der Waals surface area (Å²) in [6.07, 6.45) is 1.76. The maximum atomic E-state index is 15.3. The molecule has 6 rings (SSSR count). The molecule has 206 valence electrons. The van der Waals surface area contributed by atoms with Gasteiger partial charge in [-0.3, -0.25) is 0 Å². The fourth-order valence-electron chi connectivity index (χ4n) is 4.65. The second kappa shape index (κ2) is 9.22. The molecule has 1 saturated carbocycles. The van der Waals surface area contributed by atoms with Crippen LogP contribution in [0.25, 0.3) is 11.3 Å². The number of carbonyl (C=O) groups is 1. The Morgan fingerprint density at radius 3 is 2.58 bits per heavy atom. The first-order valence-corrected chi connectivity index (χ1v) is 12.6. The van der Waals surface area contributed by atoms with E-state index in [9.17, 15) is 9.90 Å². The van der Waals surface area contributed by atoms with Gasteiger partial charge in [-0.05, 0) is 55.7 Å². The van der Waals surface area contributed by atoms with Crippen molar-refractivity contribution >= 4 is 17.6 Å². The van der Waals surface area contributed by atoms with Crippen molar-refractivity contribution in [1.29, 1.82) is 0 Å². The lowest BCUT2D eigenvalue weighted by atomic mass is 9.98. The standard InChI is InChI=1S/C28H19ClF4N2O5/c1-13-3-2-4-18(29)22(13)23-16(24(40-35-23)14-5-6-14)12-38-21-10-9-19-25(34-21)28(32,33)27(30,31)17-8-7-15(26(36)37)11-20(17)39-19/h2-4,7-11,14H,5-6,12H2,1H3,(H,36,37). The number of benzene rings is 2. The van der Waals surface area contributed by atoms with Crippen LogP contribution in [-0.4, -0.2) is 21.2 Å². The quantitative estimate of drug-likeness (QED) is 0.234. The summed E-state index contributed by atoms with van der Waals surface area (Å²) in [5, 5.41) is 13.8. The van der Waals surface area contributed by atoms with E-state index < -0.39 is 46.1 Å². The molecule has 2 aromatic carbocycles. The topological polar surface area (TPSA) is 94.7 Å². The number of nitrogens with zero attached hydrogens (tertiary/aromatic N) is 2. The maximum absolute atomic E-state index is 15.3. The Bertz CT molecular complexity index is 1650. The smallest absolute Gasteiger partial charge is 0.360 e. The monoisotopic (exact) mass is 574 g/mol. The van der Waals surface area contributed by atoms with E-state index in [0.29, 0.717) is 33.7 Å². The molecule has 0 bridgehead atoms. The average molecular weight is 575 g/mol. The highest BCUT2D eigenvalue weighted by molar-refractivity contribution is 6.33. The molecule has 0 spiro atoms. The number of aromatic nitrogens is 2. The zero-order valence-electron chi connectivity index (χ0n) is 20.7. The van der Waals surface area contributed by atoms with Crippen LogP contribution in [0.15, 0.2) is 53.1 Å². The van der Waals surface area contributed by atoms with Gasteiger partial charge < -0.3 is 19.1 Å². The molecule has 0 amide bonds. The molecule has 0 unspecified atom stereocenters. The molecule has 1 fully saturated rings. The fraction of sp³-hybridized carbons (Fsp3) is 0.250. The van der Waals surface area contributed by atoms with E-state index in [0.717, 1.165) is 36.6 Å². The summed E-state index contributed by atoms with van der Waals surface area (Å²) in [7, 11) is 0. The summed E-state index contributed by atoms with van der Waals surface area (Å²) in [6, 6.07) is 9.75. The number of carboxylic acid groups (broad SMARTS) is 1. The molecule has 2 aromatic heterocycles.